The van der Waals surface area contributed by atoms with Crippen LogP contribution in [0.2, 0.25) is 0 Å². The molecule has 8 nitrogen and oxygen atoms in total. The van der Waals surface area contributed by atoms with Gasteiger partial charge in [0.05, 0.1) is 5.56 Å². The van der Waals surface area contributed by atoms with Crippen LogP contribution in [-0.2, 0) is 9.59 Å². The lowest BCUT2D eigenvalue weighted by molar-refractivity contribution is -0.142. The molecule has 0 bridgehead atoms. The molecule has 0 aliphatic carbocycles. The van der Waals surface area contributed by atoms with Gasteiger partial charge in [0.1, 0.15) is 0 Å². The van der Waals surface area contributed by atoms with Crippen molar-refractivity contribution in [3.8, 4) is 0 Å². The summed E-state index contributed by atoms with van der Waals surface area (Å²) < 4.78 is 0. The zero-order valence-electron chi connectivity index (χ0n) is 12.3. The standard InChI is InChI=1S/C14H19N5O3/c1-18-6-8-19(9-7-18)17-14(22)13(21)16-12(20)10-4-2-3-5-11(10)15/h2-5H,6-9,15H2,1H3,(H,17,22)(H,16,20,21). The fraction of sp³-hybridized carbons (Fsp3) is 0.357. The number of hydrazine groups is 1. The van der Waals surface area contributed by atoms with Crippen LogP contribution < -0.4 is 16.5 Å². The monoisotopic (exact) mass is 305 g/mol. The van der Waals surface area contributed by atoms with Gasteiger partial charge >= 0.3 is 11.8 Å². The molecule has 0 atom stereocenters. The number of nitrogens with two attached hydrogens (primary N) is 1. The summed E-state index contributed by atoms with van der Waals surface area (Å²) in [6, 6.07) is 6.33. The fourth-order valence-corrected chi connectivity index (χ4v) is 2.04. The number of nitrogen functional groups attached to an aromatic ring is 1. The number of amides is 3. The number of imide groups is 1. The summed E-state index contributed by atoms with van der Waals surface area (Å²) in [7, 11) is 1.98. The first-order chi connectivity index (χ1) is 10.5. The van der Waals surface area contributed by atoms with Crippen molar-refractivity contribution in [1.29, 1.82) is 0 Å². The Morgan fingerprint density at radius 2 is 1.68 bits per heavy atom. The Morgan fingerprint density at radius 1 is 1.05 bits per heavy atom. The molecule has 0 saturated carbocycles. The van der Waals surface area contributed by atoms with E-state index >= 15 is 0 Å². The molecule has 1 heterocycles. The van der Waals surface area contributed by atoms with E-state index in [1.54, 1.807) is 23.2 Å². The first-order valence-corrected chi connectivity index (χ1v) is 6.91. The first-order valence-electron chi connectivity index (χ1n) is 6.91. The average Bonchev–Trinajstić information content (AvgIpc) is 2.49. The Bertz CT molecular complexity index is 582. The molecule has 1 aromatic carbocycles. The molecule has 118 valence electrons. The molecule has 0 unspecified atom stereocenters. The van der Waals surface area contributed by atoms with Gasteiger partial charge in [-0.1, -0.05) is 12.1 Å². The Labute approximate surface area is 128 Å². The number of piperazine rings is 1. The summed E-state index contributed by atoms with van der Waals surface area (Å²) in [6.07, 6.45) is 0. The average molecular weight is 305 g/mol. The molecule has 2 rings (SSSR count). The van der Waals surface area contributed by atoms with Gasteiger partial charge in [0.2, 0.25) is 0 Å². The lowest BCUT2D eigenvalue weighted by Gasteiger charge is -2.32. The van der Waals surface area contributed by atoms with Crippen molar-refractivity contribution < 1.29 is 14.4 Å². The Kier molecular flexibility index (Phi) is 5.08. The van der Waals surface area contributed by atoms with Crippen molar-refractivity contribution in [3.05, 3.63) is 29.8 Å². The third-order valence-corrected chi connectivity index (χ3v) is 3.40. The van der Waals surface area contributed by atoms with Gasteiger partial charge in [0.15, 0.2) is 0 Å². The summed E-state index contributed by atoms with van der Waals surface area (Å²) >= 11 is 0. The molecule has 3 amide bonds. The van der Waals surface area contributed by atoms with Crippen molar-refractivity contribution in [1.82, 2.24) is 20.7 Å². The van der Waals surface area contributed by atoms with E-state index in [2.05, 4.69) is 10.3 Å². The molecule has 0 aromatic heterocycles. The number of hydrogen-bond donors (Lipinski definition) is 3. The highest BCUT2D eigenvalue weighted by atomic mass is 16.2. The number of nitrogens with zero attached hydrogens (tertiary/aromatic N) is 2. The van der Waals surface area contributed by atoms with Gasteiger partial charge < -0.3 is 10.6 Å². The predicted molar refractivity (Wildman–Crippen MR) is 80.5 cm³/mol. The maximum Gasteiger partial charge on any atom is 0.324 e. The third-order valence-electron chi connectivity index (χ3n) is 3.40. The zero-order chi connectivity index (χ0) is 16.1. The number of anilines is 1. The number of benzene rings is 1. The third kappa shape index (κ3) is 4.03. The van der Waals surface area contributed by atoms with Crippen LogP contribution in [0.5, 0.6) is 0 Å². The van der Waals surface area contributed by atoms with Gasteiger partial charge in [-0.3, -0.25) is 25.1 Å². The Hall–Kier alpha value is -2.45. The van der Waals surface area contributed by atoms with E-state index in [1.807, 2.05) is 12.4 Å². The van der Waals surface area contributed by atoms with Crippen molar-refractivity contribution in [3.63, 3.8) is 0 Å². The van der Waals surface area contributed by atoms with Crippen LogP contribution in [0.15, 0.2) is 24.3 Å². The molecular weight excluding hydrogens is 286 g/mol. The minimum absolute atomic E-state index is 0.156. The number of para-hydroxylation sites is 1. The van der Waals surface area contributed by atoms with Crippen molar-refractivity contribution >= 4 is 23.4 Å². The highest BCUT2D eigenvalue weighted by Gasteiger charge is 2.22. The minimum atomic E-state index is -1.01. The van der Waals surface area contributed by atoms with E-state index < -0.39 is 17.7 Å². The maximum atomic E-state index is 11.9. The summed E-state index contributed by atoms with van der Waals surface area (Å²) in [5, 5.41) is 3.68. The largest absolute Gasteiger partial charge is 0.398 e. The summed E-state index contributed by atoms with van der Waals surface area (Å²) in [5.41, 5.74) is 8.53. The molecule has 1 aliphatic heterocycles. The van der Waals surface area contributed by atoms with E-state index in [1.165, 1.54) is 6.07 Å². The van der Waals surface area contributed by atoms with Gasteiger partial charge in [-0.15, -0.1) is 0 Å². The normalized spacial score (nSPS) is 16.0. The van der Waals surface area contributed by atoms with E-state index in [0.29, 0.717) is 13.1 Å². The van der Waals surface area contributed by atoms with Gasteiger partial charge in [0.25, 0.3) is 5.91 Å². The molecular formula is C14H19N5O3. The molecule has 1 aromatic rings. The smallest absolute Gasteiger partial charge is 0.324 e. The summed E-state index contributed by atoms with van der Waals surface area (Å²) in [5.74, 6) is -2.57. The van der Waals surface area contributed by atoms with Crippen LogP contribution in [-0.4, -0.2) is 60.9 Å². The lowest BCUT2D eigenvalue weighted by atomic mass is 10.1. The van der Waals surface area contributed by atoms with Crippen molar-refractivity contribution in [2.45, 2.75) is 0 Å². The molecule has 4 N–H and O–H groups in total. The molecule has 8 heteroatoms. The number of carbonyl (C=O) groups is 3. The molecule has 0 radical (unpaired) electrons. The minimum Gasteiger partial charge on any atom is -0.398 e. The lowest BCUT2D eigenvalue weighted by Crippen LogP contribution is -2.55. The van der Waals surface area contributed by atoms with E-state index in [-0.39, 0.29) is 11.3 Å². The van der Waals surface area contributed by atoms with E-state index in [4.69, 9.17) is 5.73 Å². The quantitative estimate of drug-likeness (QED) is 0.468. The molecule has 1 saturated heterocycles. The molecule has 0 spiro atoms. The van der Waals surface area contributed by atoms with Gasteiger partial charge in [-0.2, -0.15) is 0 Å². The predicted octanol–water partition coefficient (Wildman–Crippen LogP) is -1.20. The second kappa shape index (κ2) is 7.01. The number of hydrogen-bond acceptors (Lipinski definition) is 6. The van der Waals surface area contributed by atoms with Crippen LogP contribution in [0.25, 0.3) is 0 Å². The number of carbonyl (C=O) groups excluding carboxylic acids is 3. The van der Waals surface area contributed by atoms with Crippen molar-refractivity contribution in [2.75, 3.05) is 39.0 Å². The highest BCUT2D eigenvalue weighted by molar-refractivity contribution is 6.38. The summed E-state index contributed by atoms with van der Waals surface area (Å²) in [6.45, 7) is 2.83. The number of nitrogens with one attached hydrogen (secondary N) is 2. The van der Waals surface area contributed by atoms with Crippen LogP contribution in [0.3, 0.4) is 0 Å². The number of likely N-dealkylation sites (N-methyl/N-ethyl adjacent to an activating group) is 1. The van der Waals surface area contributed by atoms with Gasteiger partial charge in [-0.05, 0) is 19.2 Å². The molecule has 1 aliphatic rings. The summed E-state index contributed by atoms with van der Waals surface area (Å²) in [4.78, 5) is 37.6. The number of rotatable bonds is 2. The SMILES string of the molecule is CN1CCN(NC(=O)C(=O)NC(=O)c2ccccc2N)CC1. The molecule has 22 heavy (non-hydrogen) atoms. The highest BCUT2D eigenvalue weighted by Crippen LogP contribution is 2.09. The van der Waals surface area contributed by atoms with E-state index in [9.17, 15) is 14.4 Å². The second-order valence-electron chi connectivity index (χ2n) is 5.10. The second-order valence-corrected chi connectivity index (χ2v) is 5.10. The van der Waals surface area contributed by atoms with Gasteiger partial charge in [-0.25, -0.2) is 5.01 Å². The topological polar surface area (TPSA) is 108 Å². The fourth-order valence-electron chi connectivity index (χ4n) is 2.04. The van der Waals surface area contributed by atoms with E-state index in [0.717, 1.165) is 13.1 Å². The maximum absolute atomic E-state index is 11.9. The Morgan fingerprint density at radius 3 is 2.32 bits per heavy atom. The first kappa shape index (κ1) is 15.9. The Balaban J connectivity index is 1.87. The van der Waals surface area contributed by atoms with Gasteiger partial charge in [0, 0.05) is 31.9 Å². The zero-order valence-corrected chi connectivity index (χ0v) is 12.3. The van der Waals surface area contributed by atoms with Crippen LogP contribution in [0, 0.1) is 0 Å². The van der Waals surface area contributed by atoms with Crippen LogP contribution in [0.1, 0.15) is 10.4 Å². The van der Waals surface area contributed by atoms with Crippen LogP contribution in [0.4, 0.5) is 5.69 Å². The molecule has 1 fully saturated rings. The van der Waals surface area contributed by atoms with Crippen molar-refractivity contribution in [2.24, 2.45) is 0 Å². The van der Waals surface area contributed by atoms with Crippen LogP contribution >= 0.6 is 0 Å².